The minimum Gasteiger partial charge on any atom is -0.392 e. The van der Waals surface area contributed by atoms with Crippen LogP contribution in [0, 0.1) is 5.92 Å². The van der Waals surface area contributed by atoms with Gasteiger partial charge in [-0.25, -0.2) is 0 Å². The summed E-state index contributed by atoms with van der Waals surface area (Å²) in [5.41, 5.74) is 0. The zero-order valence-electron chi connectivity index (χ0n) is 9.69. The van der Waals surface area contributed by atoms with Gasteiger partial charge in [0.1, 0.15) is 0 Å². The van der Waals surface area contributed by atoms with E-state index in [9.17, 15) is 5.11 Å². The van der Waals surface area contributed by atoms with Crippen LogP contribution in [0.4, 0.5) is 0 Å². The lowest BCUT2D eigenvalue weighted by atomic mass is 10.0. The molecule has 3 heteroatoms. The molecule has 0 aromatic carbocycles. The molecular weight excluding hydrogens is 218 g/mol. The quantitative estimate of drug-likeness (QED) is 0.800. The lowest BCUT2D eigenvalue weighted by Crippen LogP contribution is -2.27. The van der Waals surface area contributed by atoms with Crippen molar-refractivity contribution in [1.82, 2.24) is 5.32 Å². The topological polar surface area (TPSA) is 32.3 Å². The summed E-state index contributed by atoms with van der Waals surface area (Å²) in [6.45, 7) is 1.62. The van der Waals surface area contributed by atoms with Gasteiger partial charge in [0.05, 0.1) is 6.10 Å². The predicted molar refractivity (Wildman–Crippen MR) is 68.6 cm³/mol. The summed E-state index contributed by atoms with van der Waals surface area (Å²) < 4.78 is 0. The summed E-state index contributed by atoms with van der Waals surface area (Å²) in [6.07, 6.45) is 6.18. The average Bonchev–Trinajstić information content (AvgIpc) is 2.90. The van der Waals surface area contributed by atoms with Gasteiger partial charge in [0.15, 0.2) is 0 Å². The van der Waals surface area contributed by atoms with Crippen LogP contribution >= 0.6 is 11.3 Å². The number of nitrogens with one attached hydrogen (secondary N) is 1. The first-order valence-corrected chi connectivity index (χ1v) is 7.13. The van der Waals surface area contributed by atoms with E-state index in [1.807, 2.05) is 0 Å². The predicted octanol–water partition coefficient (Wildman–Crippen LogP) is 2.78. The molecule has 1 aliphatic carbocycles. The summed E-state index contributed by atoms with van der Waals surface area (Å²) in [6, 6.07) is 4.19. The fourth-order valence-corrected chi connectivity index (χ4v) is 3.16. The molecule has 1 aromatic rings. The molecule has 0 saturated heterocycles. The number of aliphatic hydroxyl groups is 1. The number of hydrogen-bond acceptors (Lipinski definition) is 3. The van der Waals surface area contributed by atoms with E-state index >= 15 is 0 Å². The Labute approximate surface area is 102 Å². The van der Waals surface area contributed by atoms with Crippen molar-refractivity contribution >= 4 is 11.3 Å². The van der Waals surface area contributed by atoms with Crippen molar-refractivity contribution < 1.29 is 5.11 Å². The molecule has 2 rings (SSSR count). The first-order chi connectivity index (χ1) is 7.84. The second-order valence-corrected chi connectivity index (χ2v) is 5.78. The summed E-state index contributed by atoms with van der Waals surface area (Å²) >= 11 is 1.76. The summed E-state index contributed by atoms with van der Waals surface area (Å²) in [7, 11) is 0. The molecule has 0 spiro atoms. The molecular formula is C13H21NOS. The lowest BCUT2D eigenvalue weighted by Gasteiger charge is -2.15. The number of hydrogen-bond donors (Lipinski definition) is 2. The molecule has 1 atom stereocenters. The summed E-state index contributed by atoms with van der Waals surface area (Å²) in [5.74, 6) is 0.776. The SMILES string of the molecule is OC(CNCc1cccs1)CC1CCCC1. The normalized spacial score (nSPS) is 19.1. The minimum absolute atomic E-state index is 0.164. The van der Waals surface area contributed by atoms with E-state index in [0.29, 0.717) is 0 Å². The van der Waals surface area contributed by atoms with Gasteiger partial charge >= 0.3 is 0 Å². The molecule has 2 N–H and O–H groups in total. The molecule has 0 bridgehead atoms. The Kier molecular flexibility index (Phi) is 4.82. The van der Waals surface area contributed by atoms with Crippen LogP contribution in [0.15, 0.2) is 17.5 Å². The Morgan fingerprint density at radius 3 is 2.94 bits per heavy atom. The van der Waals surface area contributed by atoms with Crippen LogP contribution in [0.25, 0.3) is 0 Å². The monoisotopic (exact) mass is 239 g/mol. The van der Waals surface area contributed by atoms with Crippen LogP contribution in [-0.2, 0) is 6.54 Å². The fourth-order valence-electron chi connectivity index (χ4n) is 2.49. The Balaban J connectivity index is 1.58. The first kappa shape index (κ1) is 12.1. The summed E-state index contributed by atoms with van der Waals surface area (Å²) in [4.78, 5) is 1.34. The molecule has 0 amide bonds. The maximum Gasteiger partial charge on any atom is 0.0667 e. The second-order valence-electron chi connectivity index (χ2n) is 4.75. The van der Waals surface area contributed by atoms with E-state index < -0.39 is 0 Å². The van der Waals surface area contributed by atoms with Crippen LogP contribution in [0.3, 0.4) is 0 Å². The van der Waals surface area contributed by atoms with Crippen molar-refractivity contribution in [2.75, 3.05) is 6.54 Å². The van der Waals surface area contributed by atoms with E-state index in [1.165, 1.54) is 30.6 Å². The third kappa shape index (κ3) is 3.89. The minimum atomic E-state index is -0.164. The van der Waals surface area contributed by atoms with Crippen molar-refractivity contribution in [3.63, 3.8) is 0 Å². The van der Waals surface area contributed by atoms with Crippen molar-refractivity contribution in [2.24, 2.45) is 5.92 Å². The molecule has 1 unspecified atom stereocenters. The van der Waals surface area contributed by atoms with Crippen LogP contribution in [0.5, 0.6) is 0 Å². The molecule has 2 nitrogen and oxygen atoms in total. The Bertz CT molecular complexity index is 280. The fraction of sp³-hybridized carbons (Fsp3) is 0.692. The largest absolute Gasteiger partial charge is 0.392 e. The van der Waals surface area contributed by atoms with Gasteiger partial charge in [-0.2, -0.15) is 0 Å². The molecule has 1 aromatic heterocycles. The van der Waals surface area contributed by atoms with E-state index in [1.54, 1.807) is 11.3 Å². The standard InChI is InChI=1S/C13H21NOS/c15-12(8-11-4-1-2-5-11)9-14-10-13-6-3-7-16-13/h3,6-7,11-12,14-15H,1-2,4-5,8-10H2. The van der Waals surface area contributed by atoms with Gasteiger partial charge < -0.3 is 10.4 Å². The smallest absolute Gasteiger partial charge is 0.0667 e. The molecule has 1 aliphatic rings. The molecule has 0 radical (unpaired) electrons. The van der Waals surface area contributed by atoms with E-state index in [2.05, 4.69) is 22.8 Å². The molecule has 1 saturated carbocycles. The molecule has 90 valence electrons. The third-order valence-corrected chi connectivity index (χ3v) is 4.22. The lowest BCUT2D eigenvalue weighted by molar-refractivity contribution is 0.140. The Morgan fingerprint density at radius 1 is 1.44 bits per heavy atom. The van der Waals surface area contributed by atoms with Gasteiger partial charge in [0.25, 0.3) is 0 Å². The molecule has 0 aliphatic heterocycles. The maximum absolute atomic E-state index is 9.88. The zero-order chi connectivity index (χ0) is 11.2. The van der Waals surface area contributed by atoms with Gasteiger partial charge in [0, 0.05) is 18.0 Å². The van der Waals surface area contributed by atoms with E-state index in [0.717, 1.165) is 25.4 Å². The van der Waals surface area contributed by atoms with Gasteiger partial charge in [-0.1, -0.05) is 31.7 Å². The van der Waals surface area contributed by atoms with Gasteiger partial charge in [-0.3, -0.25) is 0 Å². The van der Waals surface area contributed by atoms with Crippen LogP contribution in [-0.4, -0.2) is 17.8 Å². The third-order valence-electron chi connectivity index (χ3n) is 3.34. The highest BCUT2D eigenvalue weighted by Gasteiger charge is 2.18. The van der Waals surface area contributed by atoms with Gasteiger partial charge in [-0.15, -0.1) is 11.3 Å². The van der Waals surface area contributed by atoms with E-state index in [-0.39, 0.29) is 6.10 Å². The molecule has 1 fully saturated rings. The Hall–Kier alpha value is -0.380. The van der Waals surface area contributed by atoms with Crippen molar-refractivity contribution in [3.8, 4) is 0 Å². The van der Waals surface area contributed by atoms with Crippen LogP contribution in [0.2, 0.25) is 0 Å². The van der Waals surface area contributed by atoms with Crippen molar-refractivity contribution in [3.05, 3.63) is 22.4 Å². The van der Waals surface area contributed by atoms with Gasteiger partial charge in [0.2, 0.25) is 0 Å². The van der Waals surface area contributed by atoms with Crippen LogP contribution < -0.4 is 5.32 Å². The summed E-state index contributed by atoms with van der Waals surface area (Å²) in [5, 5.41) is 15.3. The van der Waals surface area contributed by atoms with Crippen molar-refractivity contribution in [1.29, 1.82) is 0 Å². The second kappa shape index (κ2) is 6.38. The highest BCUT2D eigenvalue weighted by molar-refractivity contribution is 7.09. The molecule has 1 heterocycles. The highest BCUT2D eigenvalue weighted by atomic mass is 32.1. The molecule has 16 heavy (non-hydrogen) atoms. The maximum atomic E-state index is 9.88. The van der Waals surface area contributed by atoms with E-state index in [4.69, 9.17) is 0 Å². The number of thiophene rings is 1. The number of aliphatic hydroxyl groups excluding tert-OH is 1. The average molecular weight is 239 g/mol. The van der Waals surface area contributed by atoms with Gasteiger partial charge in [-0.05, 0) is 23.8 Å². The Morgan fingerprint density at radius 2 is 2.25 bits per heavy atom. The highest BCUT2D eigenvalue weighted by Crippen LogP contribution is 2.28. The van der Waals surface area contributed by atoms with Crippen LogP contribution in [0.1, 0.15) is 37.0 Å². The first-order valence-electron chi connectivity index (χ1n) is 6.26. The number of rotatable bonds is 6. The zero-order valence-corrected chi connectivity index (χ0v) is 10.5. The van der Waals surface area contributed by atoms with Crippen molar-refractivity contribution in [2.45, 2.75) is 44.8 Å².